The summed E-state index contributed by atoms with van der Waals surface area (Å²) in [5.74, 6) is 1.38. The fourth-order valence-corrected chi connectivity index (χ4v) is 3.45. The standard InChI is InChI=1S/C21H20O4/c1-21(2)10-9-14-16(25-21)12-17(23-3)19-15(11-18(22)24-20(14)19)13-7-5-4-6-8-13/h4-8,11-12H,9-10H2,1-3H3. The lowest BCUT2D eigenvalue weighted by molar-refractivity contribution is 0.0845. The van der Waals surface area contributed by atoms with E-state index < -0.39 is 0 Å². The summed E-state index contributed by atoms with van der Waals surface area (Å²) in [6.07, 6.45) is 1.66. The predicted molar refractivity (Wildman–Crippen MR) is 97.5 cm³/mol. The van der Waals surface area contributed by atoms with Gasteiger partial charge in [-0.1, -0.05) is 30.3 Å². The van der Waals surface area contributed by atoms with Gasteiger partial charge in [0.05, 0.1) is 12.5 Å². The van der Waals surface area contributed by atoms with Gasteiger partial charge in [-0.05, 0) is 32.3 Å². The van der Waals surface area contributed by atoms with Crippen LogP contribution in [0.2, 0.25) is 0 Å². The van der Waals surface area contributed by atoms with Crippen molar-refractivity contribution >= 4 is 11.0 Å². The Balaban J connectivity index is 2.08. The molecule has 2 aromatic carbocycles. The number of fused-ring (bicyclic) bond motifs is 3. The Morgan fingerprint density at radius 3 is 2.60 bits per heavy atom. The molecule has 0 bridgehead atoms. The SMILES string of the molecule is COc1cc2c(c3oc(=O)cc(-c4ccccc4)c13)CCC(C)(C)O2. The summed E-state index contributed by atoms with van der Waals surface area (Å²) in [5, 5.41) is 0.815. The highest BCUT2D eigenvalue weighted by Crippen LogP contribution is 2.44. The highest BCUT2D eigenvalue weighted by Gasteiger charge is 2.30. The first-order valence-corrected chi connectivity index (χ1v) is 8.41. The Morgan fingerprint density at radius 2 is 1.88 bits per heavy atom. The molecular weight excluding hydrogens is 316 g/mol. The zero-order valence-corrected chi connectivity index (χ0v) is 14.6. The third-order valence-electron chi connectivity index (χ3n) is 4.71. The third-order valence-corrected chi connectivity index (χ3v) is 4.71. The Kier molecular flexibility index (Phi) is 3.57. The molecule has 0 spiro atoms. The second kappa shape index (κ2) is 5.66. The van der Waals surface area contributed by atoms with Crippen LogP contribution in [-0.4, -0.2) is 12.7 Å². The molecular formula is C21H20O4. The van der Waals surface area contributed by atoms with Gasteiger partial charge in [-0.25, -0.2) is 4.79 Å². The Hall–Kier alpha value is -2.75. The summed E-state index contributed by atoms with van der Waals surface area (Å²) in [6, 6.07) is 13.2. The zero-order valence-electron chi connectivity index (χ0n) is 14.6. The Morgan fingerprint density at radius 1 is 1.12 bits per heavy atom. The van der Waals surface area contributed by atoms with Crippen molar-refractivity contribution in [1.29, 1.82) is 0 Å². The quantitative estimate of drug-likeness (QED) is 0.643. The molecule has 0 amide bonds. The summed E-state index contributed by atoms with van der Waals surface area (Å²) in [5.41, 5.74) is 2.66. The van der Waals surface area contributed by atoms with Crippen molar-refractivity contribution in [3.8, 4) is 22.6 Å². The van der Waals surface area contributed by atoms with Crippen molar-refractivity contribution in [3.63, 3.8) is 0 Å². The van der Waals surface area contributed by atoms with Crippen LogP contribution in [0.1, 0.15) is 25.8 Å². The van der Waals surface area contributed by atoms with Crippen molar-refractivity contribution in [2.24, 2.45) is 0 Å². The molecule has 0 aliphatic carbocycles. The van der Waals surface area contributed by atoms with Crippen molar-refractivity contribution in [1.82, 2.24) is 0 Å². The lowest BCUT2D eigenvalue weighted by atomic mass is 9.91. The van der Waals surface area contributed by atoms with Crippen molar-refractivity contribution < 1.29 is 13.9 Å². The summed E-state index contributed by atoms with van der Waals surface area (Å²) in [4.78, 5) is 12.2. The van der Waals surface area contributed by atoms with Gasteiger partial charge in [0.15, 0.2) is 0 Å². The molecule has 3 aromatic rings. The minimum atomic E-state index is -0.369. The number of methoxy groups -OCH3 is 1. The van der Waals surface area contributed by atoms with E-state index in [1.807, 2.05) is 36.4 Å². The molecule has 0 unspecified atom stereocenters. The number of hydrogen-bond donors (Lipinski definition) is 0. The molecule has 0 saturated carbocycles. The van der Waals surface area contributed by atoms with Gasteiger partial charge < -0.3 is 13.9 Å². The lowest BCUT2D eigenvalue weighted by Crippen LogP contribution is -2.32. The van der Waals surface area contributed by atoms with Gasteiger partial charge in [-0.2, -0.15) is 0 Å². The molecule has 0 N–H and O–H groups in total. The molecule has 4 nitrogen and oxygen atoms in total. The van der Waals surface area contributed by atoms with Crippen molar-refractivity contribution in [3.05, 3.63) is 58.4 Å². The van der Waals surface area contributed by atoms with Gasteiger partial charge in [0, 0.05) is 23.3 Å². The minimum Gasteiger partial charge on any atom is -0.496 e. The molecule has 25 heavy (non-hydrogen) atoms. The molecule has 0 fully saturated rings. The summed E-state index contributed by atoms with van der Waals surface area (Å²) in [7, 11) is 1.62. The van der Waals surface area contributed by atoms with Crippen LogP contribution in [0.25, 0.3) is 22.1 Å². The van der Waals surface area contributed by atoms with Crippen molar-refractivity contribution in [2.45, 2.75) is 32.3 Å². The van der Waals surface area contributed by atoms with Crippen LogP contribution in [0.5, 0.6) is 11.5 Å². The minimum absolute atomic E-state index is 0.247. The first kappa shape index (κ1) is 15.8. The van der Waals surface area contributed by atoms with E-state index in [0.29, 0.717) is 11.3 Å². The molecule has 4 rings (SSSR count). The number of hydrogen-bond acceptors (Lipinski definition) is 4. The molecule has 2 heterocycles. The van der Waals surface area contributed by atoms with E-state index >= 15 is 0 Å². The molecule has 128 valence electrons. The number of ether oxygens (including phenoxy) is 2. The smallest absolute Gasteiger partial charge is 0.336 e. The number of rotatable bonds is 2. The van der Waals surface area contributed by atoms with E-state index in [-0.39, 0.29) is 11.2 Å². The van der Waals surface area contributed by atoms with E-state index in [0.717, 1.165) is 40.7 Å². The van der Waals surface area contributed by atoms with Crippen molar-refractivity contribution in [2.75, 3.05) is 7.11 Å². The van der Waals surface area contributed by atoms with Crippen LogP contribution in [0, 0.1) is 0 Å². The highest BCUT2D eigenvalue weighted by molar-refractivity contribution is 6.00. The van der Waals surface area contributed by atoms with Crippen LogP contribution < -0.4 is 15.1 Å². The number of aryl methyl sites for hydroxylation is 1. The van der Waals surface area contributed by atoms with E-state index in [1.165, 1.54) is 6.07 Å². The molecule has 1 aliphatic rings. The fraction of sp³-hybridized carbons (Fsp3) is 0.286. The third kappa shape index (κ3) is 2.68. The Bertz CT molecular complexity index is 1000. The average Bonchev–Trinajstić information content (AvgIpc) is 2.59. The largest absolute Gasteiger partial charge is 0.496 e. The van der Waals surface area contributed by atoms with Gasteiger partial charge in [0.25, 0.3) is 0 Å². The maximum Gasteiger partial charge on any atom is 0.336 e. The molecule has 1 aromatic heterocycles. The fourth-order valence-electron chi connectivity index (χ4n) is 3.45. The van der Waals surface area contributed by atoms with E-state index in [1.54, 1.807) is 7.11 Å². The molecule has 1 aliphatic heterocycles. The van der Waals surface area contributed by atoms with E-state index in [4.69, 9.17) is 13.9 Å². The monoisotopic (exact) mass is 336 g/mol. The zero-order chi connectivity index (χ0) is 17.6. The van der Waals surface area contributed by atoms with E-state index in [2.05, 4.69) is 13.8 Å². The second-order valence-corrected chi connectivity index (χ2v) is 6.97. The van der Waals surface area contributed by atoms with Gasteiger partial charge >= 0.3 is 5.63 Å². The first-order chi connectivity index (χ1) is 12.0. The van der Waals surface area contributed by atoms with E-state index in [9.17, 15) is 4.79 Å². The summed E-state index contributed by atoms with van der Waals surface area (Å²) in [6.45, 7) is 4.12. The molecule has 0 saturated heterocycles. The van der Waals surface area contributed by atoms with Gasteiger partial charge in [-0.15, -0.1) is 0 Å². The van der Waals surface area contributed by atoms with Gasteiger partial charge in [0.1, 0.15) is 22.7 Å². The Labute approximate surface area is 146 Å². The highest BCUT2D eigenvalue weighted by atomic mass is 16.5. The first-order valence-electron chi connectivity index (χ1n) is 8.41. The van der Waals surface area contributed by atoms with Gasteiger partial charge in [-0.3, -0.25) is 0 Å². The second-order valence-electron chi connectivity index (χ2n) is 6.97. The summed E-state index contributed by atoms with van der Waals surface area (Å²) >= 11 is 0. The van der Waals surface area contributed by atoms with Crippen LogP contribution in [-0.2, 0) is 6.42 Å². The topological polar surface area (TPSA) is 48.7 Å². The van der Waals surface area contributed by atoms with Crippen LogP contribution in [0.3, 0.4) is 0 Å². The molecule has 0 atom stereocenters. The van der Waals surface area contributed by atoms with Crippen LogP contribution >= 0.6 is 0 Å². The molecule has 0 radical (unpaired) electrons. The average molecular weight is 336 g/mol. The van der Waals surface area contributed by atoms with Crippen LogP contribution in [0.4, 0.5) is 0 Å². The normalized spacial score (nSPS) is 15.5. The lowest BCUT2D eigenvalue weighted by Gasteiger charge is -2.33. The maximum atomic E-state index is 12.2. The summed E-state index contributed by atoms with van der Waals surface area (Å²) < 4.78 is 17.4. The number of benzene rings is 2. The molecule has 4 heteroatoms. The predicted octanol–water partition coefficient (Wildman–Crippen LogP) is 4.57. The maximum absolute atomic E-state index is 12.2. The van der Waals surface area contributed by atoms with Gasteiger partial charge in [0.2, 0.25) is 0 Å². The van der Waals surface area contributed by atoms with Crippen LogP contribution in [0.15, 0.2) is 51.7 Å².